The zero-order valence-electron chi connectivity index (χ0n) is 12.1. The fourth-order valence-corrected chi connectivity index (χ4v) is 2.50. The monoisotopic (exact) mass is 291 g/mol. The molecule has 0 spiro atoms. The summed E-state index contributed by atoms with van der Waals surface area (Å²) >= 11 is 6.22. The minimum absolute atomic E-state index is 0.232. The zero-order chi connectivity index (χ0) is 14.7. The van der Waals surface area contributed by atoms with Gasteiger partial charge in [0.15, 0.2) is 0 Å². The molecule has 2 aromatic rings. The van der Waals surface area contributed by atoms with Gasteiger partial charge in [0.05, 0.1) is 12.8 Å². The highest BCUT2D eigenvalue weighted by Gasteiger charge is 2.19. The highest BCUT2D eigenvalue weighted by molar-refractivity contribution is 6.30. The van der Waals surface area contributed by atoms with Gasteiger partial charge in [-0.05, 0) is 18.1 Å². The molecule has 0 aliphatic rings. The van der Waals surface area contributed by atoms with E-state index in [0.29, 0.717) is 5.15 Å². The van der Waals surface area contributed by atoms with Crippen molar-refractivity contribution in [1.29, 1.82) is 0 Å². The lowest BCUT2D eigenvalue weighted by atomic mass is 10.1. The van der Waals surface area contributed by atoms with Gasteiger partial charge < -0.3 is 9.64 Å². The first-order valence-electron chi connectivity index (χ1n) is 6.43. The third-order valence-electron chi connectivity index (χ3n) is 3.16. The summed E-state index contributed by atoms with van der Waals surface area (Å²) in [6.07, 6.45) is 1.48. The van der Waals surface area contributed by atoms with Crippen LogP contribution >= 0.6 is 11.6 Å². The van der Waals surface area contributed by atoms with Crippen LogP contribution in [0.5, 0.6) is 5.75 Å². The van der Waals surface area contributed by atoms with Crippen molar-refractivity contribution in [3.63, 3.8) is 0 Å². The second-order valence-electron chi connectivity index (χ2n) is 4.79. The topological polar surface area (TPSA) is 38.2 Å². The predicted octanol–water partition coefficient (Wildman–Crippen LogP) is 4.03. The molecule has 5 heteroatoms. The van der Waals surface area contributed by atoms with Gasteiger partial charge in [-0.15, -0.1) is 0 Å². The van der Waals surface area contributed by atoms with Crippen molar-refractivity contribution in [2.24, 2.45) is 0 Å². The standard InChI is InChI=1S/C15H18ClN3O/c1-10(2)13-14(16)17-9-18-15(13)19(3)11-7-5-6-8-12(11)20-4/h5-10H,1-4H3. The van der Waals surface area contributed by atoms with Crippen LogP contribution < -0.4 is 9.64 Å². The number of aromatic nitrogens is 2. The molecule has 106 valence electrons. The highest BCUT2D eigenvalue weighted by Crippen LogP contribution is 2.36. The normalized spacial score (nSPS) is 10.7. The van der Waals surface area contributed by atoms with Crippen LogP contribution in [-0.2, 0) is 0 Å². The van der Waals surface area contributed by atoms with Gasteiger partial charge in [0.25, 0.3) is 0 Å². The Morgan fingerprint density at radius 1 is 1.20 bits per heavy atom. The summed E-state index contributed by atoms with van der Waals surface area (Å²) in [5.41, 5.74) is 1.87. The third-order valence-corrected chi connectivity index (χ3v) is 3.46. The molecular formula is C15H18ClN3O. The van der Waals surface area contributed by atoms with Crippen molar-refractivity contribution in [3.8, 4) is 5.75 Å². The summed E-state index contributed by atoms with van der Waals surface area (Å²) < 4.78 is 5.40. The number of rotatable bonds is 4. The van der Waals surface area contributed by atoms with Gasteiger partial charge in [0.2, 0.25) is 0 Å². The zero-order valence-corrected chi connectivity index (χ0v) is 12.8. The average molecular weight is 292 g/mol. The Kier molecular flexibility index (Phi) is 4.45. The van der Waals surface area contributed by atoms with Crippen LogP contribution in [0, 0.1) is 0 Å². The SMILES string of the molecule is COc1ccccc1N(C)c1ncnc(Cl)c1C(C)C. The van der Waals surface area contributed by atoms with Crippen LogP contribution in [0.2, 0.25) is 5.15 Å². The van der Waals surface area contributed by atoms with Crippen LogP contribution in [0.4, 0.5) is 11.5 Å². The van der Waals surface area contributed by atoms with Crippen molar-refractivity contribution in [2.45, 2.75) is 19.8 Å². The lowest BCUT2D eigenvalue weighted by molar-refractivity contribution is 0.415. The molecule has 0 fully saturated rings. The number of halogens is 1. The van der Waals surface area contributed by atoms with E-state index in [1.807, 2.05) is 36.2 Å². The summed E-state index contributed by atoms with van der Waals surface area (Å²) in [7, 11) is 3.60. The van der Waals surface area contributed by atoms with Gasteiger partial charge in [0.1, 0.15) is 23.0 Å². The number of ether oxygens (including phenoxy) is 1. The van der Waals surface area contributed by atoms with E-state index in [9.17, 15) is 0 Å². The van der Waals surface area contributed by atoms with Gasteiger partial charge in [-0.25, -0.2) is 9.97 Å². The minimum Gasteiger partial charge on any atom is -0.495 e. The molecule has 0 radical (unpaired) electrons. The molecule has 0 saturated heterocycles. The molecule has 0 atom stereocenters. The molecule has 0 N–H and O–H groups in total. The average Bonchev–Trinajstić information content (AvgIpc) is 2.45. The van der Waals surface area contributed by atoms with Crippen molar-refractivity contribution in [1.82, 2.24) is 9.97 Å². The predicted molar refractivity (Wildman–Crippen MR) is 82.2 cm³/mol. The molecule has 4 nitrogen and oxygen atoms in total. The number of hydrogen-bond donors (Lipinski definition) is 0. The lowest BCUT2D eigenvalue weighted by Gasteiger charge is -2.24. The first-order chi connectivity index (χ1) is 9.56. The molecule has 1 aromatic heterocycles. The van der Waals surface area contributed by atoms with Crippen LogP contribution in [0.25, 0.3) is 0 Å². The Bertz CT molecular complexity index is 601. The van der Waals surface area contributed by atoms with E-state index in [-0.39, 0.29) is 5.92 Å². The quantitative estimate of drug-likeness (QED) is 0.797. The summed E-state index contributed by atoms with van der Waals surface area (Å²) in [5, 5.41) is 0.492. The minimum atomic E-state index is 0.232. The Morgan fingerprint density at radius 2 is 1.90 bits per heavy atom. The number of para-hydroxylation sites is 2. The van der Waals surface area contributed by atoms with E-state index in [1.165, 1.54) is 6.33 Å². The van der Waals surface area contributed by atoms with Crippen molar-refractivity contribution >= 4 is 23.1 Å². The summed E-state index contributed by atoms with van der Waals surface area (Å²) in [4.78, 5) is 10.4. The summed E-state index contributed by atoms with van der Waals surface area (Å²) in [6.45, 7) is 4.15. The molecule has 0 aliphatic carbocycles. The number of benzene rings is 1. The summed E-state index contributed by atoms with van der Waals surface area (Å²) in [5.74, 6) is 1.82. The van der Waals surface area contributed by atoms with Gasteiger partial charge >= 0.3 is 0 Å². The maximum atomic E-state index is 6.22. The molecule has 0 bridgehead atoms. The number of nitrogens with zero attached hydrogens (tertiary/aromatic N) is 3. The Morgan fingerprint density at radius 3 is 2.55 bits per heavy atom. The lowest BCUT2D eigenvalue weighted by Crippen LogP contribution is -2.16. The fraction of sp³-hybridized carbons (Fsp3) is 0.333. The first-order valence-corrected chi connectivity index (χ1v) is 6.81. The third kappa shape index (κ3) is 2.70. The van der Waals surface area contributed by atoms with E-state index in [1.54, 1.807) is 7.11 Å². The second-order valence-corrected chi connectivity index (χ2v) is 5.15. The number of hydrogen-bond acceptors (Lipinski definition) is 4. The van der Waals surface area contributed by atoms with Crippen molar-refractivity contribution in [2.75, 3.05) is 19.1 Å². The van der Waals surface area contributed by atoms with Gasteiger partial charge in [-0.1, -0.05) is 37.6 Å². The van der Waals surface area contributed by atoms with Crippen LogP contribution in [0.3, 0.4) is 0 Å². The maximum absolute atomic E-state index is 6.22. The van der Waals surface area contributed by atoms with E-state index < -0.39 is 0 Å². The van der Waals surface area contributed by atoms with Crippen LogP contribution in [-0.4, -0.2) is 24.1 Å². The molecule has 20 heavy (non-hydrogen) atoms. The summed E-state index contributed by atoms with van der Waals surface area (Å²) in [6, 6.07) is 7.81. The highest BCUT2D eigenvalue weighted by atomic mass is 35.5. The molecule has 1 aromatic carbocycles. The maximum Gasteiger partial charge on any atom is 0.142 e. The van der Waals surface area contributed by atoms with E-state index in [4.69, 9.17) is 16.3 Å². The molecular weight excluding hydrogens is 274 g/mol. The largest absolute Gasteiger partial charge is 0.495 e. The number of methoxy groups -OCH3 is 1. The second kappa shape index (κ2) is 6.09. The fourth-order valence-electron chi connectivity index (χ4n) is 2.15. The molecule has 2 rings (SSSR count). The van der Waals surface area contributed by atoms with E-state index >= 15 is 0 Å². The van der Waals surface area contributed by atoms with Crippen molar-refractivity contribution in [3.05, 3.63) is 41.3 Å². The molecule has 0 saturated carbocycles. The smallest absolute Gasteiger partial charge is 0.142 e. The molecule has 0 unspecified atom stereocenters. The molecule has 0 aliphatic heterocycles. The Balaban J connectivity index is 2.54. The van der Waals surface area contributed by atoms with E-state index in [2.05, 4.69) is 23.8 Å². The first kappa shape index (κ1) is 14.6. The van der Waals surface area contributed by atoms with Crippen LogP contribution in [0.15, 0.2) is 30.6 Å². The molecule has 0 amide bonds. The van der Waals surface area contributed by atoms with Gasteiger partial charge in [-0.2, -0.15) is 0 Å². The Hall–Kier alpha value is -1.81. The number of anilines is 2. The Labute approximate surface area is 124 Å². The molecule has 1 heterocycles. The van der Waals surface area contributed by atoms with Gasteiger partial charge in [0, 0.05) is 12.6 Å². The van der Waals surface area contributed by atoms with Gasteiger partial charge in [-0.3, -0.25) is 0 Å². The van der Waals surface area contributed by atoms with Crippen LogP contribution in [0.1, 0.15) is 25.3 Å². The van der Waals surface area contributed by atoms with E-state index in [0.717, 1.165) is 22.8 Å². The van der Waals surface area contributed by atoms with Crippen molar-refractivity contribution < 1.29 is 4.74 Å².